The minimum absolute atomic E-state index is 0.116. The zero-order valence-corrected chi connectivity index (χ0v) is 20.0. The van der Waals surface area contributed by atoms with Crippen molar-refractivity contribution < 1.29 is 13.2 Å². The van der Waals surface area contributed by atoms with E-state index >= 15 is 0 Å². The summed E-state index contributed by atoms with van der Waals surface area (Å²) in [6, 6.07) is 23.4. The van der Waals surface area contributed by atoms with Crippen LogP contribution in [-0.4, -0.2) is 30.8 Å². The molecule has 3 aromatic carbocycles. The maximum Gasteiger partial charge on any atom is 0.250 e. The Balaban J connectivity index is 1.56. The highest BCUT2D eigenvalue weighted by atomic mass is 32.2. The number of amides is 1. The van der Waals surface area contributed by atoms with Gasteiger partial charge in [0.05, 0.1) is 4.90 Å². The summed E-state index contributed by atoms with van der Waals surface area (Å²) < 4.78 is 27.0. The predicted octanol–water partition coefficient (Wildman–Crippen LogP) is 4.34. The van der Waals surface area contributed by atoms with E-state index in [1.807, 2.05) is 61.5 Å². The van der Waals surface area contributed by atoms with Crippen molar-refractivity contribution in [3.8, 4) is 0 Å². The van der Waals surface area contributed by atoms with E-state index in [-0.39, 0.29) is 22.5 Å². The van der Waals surface area contributed by atoms with Crippen molar-refractivity contribution in [3.05, 3.63) is 102 Å². The molecule has 3 rings (SSSR count). The number of thiocarbonyl (C=S) groups is 1. The van der Waals surface area contributed by atoms with Gasteiger partial charge in [0.2, 0.25) is 15.9 Å². The molecular weight excluding hydrogens is 454 g/mol. The largest absolute Gasteiger partial charge is 0.332 e. The third-order valence-corrected chi connectivity index (χ3v) is 6.83. The van der Waals surface area contributed by atoms with Gasteiger partial charge in [-0.3, -0.25) is 10.1 Å². The molecule has 1 amide bonds. The second-order valence-electron chi connectivity index (χ2n) is 7.46. The Kier molecular flexibility index (Phi) is 8.11. The number of benzene rings is 3. The van der Waals surface area contributed by atoms with Crippen molar-refractivity contribution in [2.45, 2.75) is 18.4 Å². The smallest absolute Gasteiger partial charge is 0.250 e. The van der Waals surface area contributed by atoms with Crippen molar-refractivity contribution in [1.29, 1.82) is 0 Å². The predicted molar refractivity (Wildman–Crippen MR) is 136 cm³/mol. The van der Waals surface area contributed by atoms with E-state index in [2.05, 4.69) is 10.6 Å². The molecule has 0 fully saturated rings. The Bertz CT molecular complexity index is 1240. The number of carbonyl (C=O) groups is 1. The van der Waals surface area contributed by atoms with Crippen LogP contribution in [0.3, 0.4) is 0 Å². The van der Waals surface area contributed by atoms with Crippen molar-refractivity contribution in [2.75, 3.05) is 12.4 Å². The molecule has 0 aromatic heterocycles. The third kappa shape index (κ3) is 7.08. The van der Waals surface area contributed by atoms with Crippen molar-refractivity contribution >= 4 is 45.0 Å². The second-order valence-corrected chi connectivity index (χ2v) is 9.91. The average Bonchev–Trinajstić information content (AvgIpc) is 2.79. The minimum Gasteiger partial charge on any atom is -0.332 e. The summed E-state index contributed by atoms with van der Waals surface area (Å²) >= 11 is 5.18. The number of sulfonamides is 1. The van der Waals surface area contributed by atoms with Gasteiger partial charge in [-0.1, -0.05) is 60.2 Å². The molecule has 0 spiro atoms. The molecule has 0 saturated carbocycles. The highest BCUT2D eigenvalue weighted by Gasteiger charge is 2.20. The van der Waals surface area contributed by atoms with Crippen LogP contribution in [0.15, 0.2) is 89.8 Å². The molecule has 33 heavy (non-hydrogen) atoms. The molecule has 0 aliphatic rings. The lowest BCUT2D eigenvalue weighted by molar-refractivity contribution is -0.115. The van der Waals surface area contributed by atoms with Gasteiger partial charge in [-0.25, -0.2) is 8.42 Å². The molecule has 0 atom stereocenters. The lowest BCUT2D eigenvalue weighted by Gasteiger charge is -2.17. The lowest BCUT2D eigenvalue weighted by atomic mass is 10.1. The van der Waals surface area contributed by atoms with Crippen LogP contribution in [0.2, 0.25) is 0 Å². The van der Waals surface area contributed by atoms with Gasteiger partial charge in [0.25, 0.3) is 0 Å². The van der Waals surface area contributed by atoms with Crippen LogP contribution in [-0.2, 0) is 21.4 Å². The van der Waals surface area contributed by atoms with E-state index < -0.39 is 10.0 Å². The standard InChI is InChI=1S/C25H25N3O3S2/c1-19-8-10-20(11-9-19)12-17-24(29)27-25(32)26-22-13-15-23(16-14-22)33(30,31)28(2)18-21-6-4-3-5-7-21/h3-17H,18H2,1-2H3,(H2,26,27,29,32)/b17-12+. The van der Waals surface area contributed by atoms with Crippen LogP contribution < -0.4 is 10.6 Å². The van der Waals surface area contributed by atoms with E-state index in [0.29, 0.717) is 5.69 Å². The summed E-state index contributed by atoms with van der Waals surface area (Å²) in [7, 11) is -2.10. The quantitative estimate of drug-likeness (QED) is 0.389. The maximum atomic E-state index is 12.8. The van der Waals surface area contributed by atoms with Crippen LogP contribution in [0.4, 0.5) is 5.69 Å². The maximum absolute atomic E-state index is 12.8. The van der Waals surface area contributed by atoms with Crippen LogP contribution >= 0.6 is 12.2 Å². The van der Waals surface area contributed by atoms with E-state index in [9.17, 15) is 13.2 Å². The molecule has 0 bridgehead atoms. The highest BCUT2D eigenvalue weighted by Crippen LogP contribution is 2.19. The molecule has 2 N–H and O–H groups in total. The summed E-state index contributed by atoms with van der Waals surface area (Å²) in [5.41, 5.74) is 3.51. The van der Waals surface area contributed by atoms with Crippen LogP contribution in [0.1, 0.15) is 16.7 Å². The Morgan fingerprint density at radius 3 is 2.24 bits per heavy atom. The molecule has 6 nitrogen and oxygen atoms in total. The molecule has 0 saturated heterocycles. The van der Waals surface area contributed by atoms with E-state index in [1.165, 1.54) is 22.5 Å². The fraction of sp³-hybridized carbons (Fsp3) is 0.120. The van der Waals surface area contributed by atoms with Crippen LogP contribution in [0.5, 0.6) is 0 Å². The summed E-state index contributed by atoms with van der Waals surface area (Å²) in [5, 5.41) is 5.57. The number of carbonyl (C=O) groups excluding carboxylic acids is 1. The summed E-state index contributed by atoms with van der Waals surface area (Å²) in [6.45, 7) is 2.27. The van der Waals surface area contributed by atoms with Gasteiger partial charge in [0, 0.05) is 25.4 Å². The molecule has 0 heterocycles. The van der Waals surface area contributed by atoms with Gasteiger partial charge in [-0.2, -0.15) is 4.31 Å². The summed E-state index contributed by atoms with van der Waals surface area (Å²) in [6.07, 6.45) is 3.10. The Morgan fingerprint density at radius 2 is 1.61 bits per heavy atom. The van der Waals surface area contributed by atoms with Crippen molar-refractivity contribution in [1.82, 2.24) is 9.62 Å². The third-order valence-electron chi connectivity index (χ3n) is 4.81. The van der Waals surface area contributed by atoms with Gasteiger partial charge in [0.15, 0.2) is 5.11 Å². The fourth-order valence-corrected chi connectivity index (χ4v) is 4.36. The molecule has 8 heteroatoms. The average molecular weight is 480 g/mol. The normalized spacial score (nSPS) is 11.5. The number of anilines is 1. The Morgan fingerprint density at radius 1 is 0.970 bits per heavy atom. The molecular formula is C25H25N3O3S2. The monoisotopic (exact) mass is 479 g/mol. The number of rotatable bonds is 7. The first-order chi connectivity index (χ1) is 15.7. The van der Waals surface area contributed by atoms with Gasteiger partial charge < -0.3 is 5.32 Å². The first kappa shape index (κ1) is 24.3. The minimum atomic E-state index is -3.64. The molecule has 0 aliphatic carbocycles. The summed E-state index contributed by atoms with van der Waals surface area (Å²) in [5.74, 6) is -0.366. The number of hydrogen-bond donors (Lipinski definition) is 2. The van der Waals surface area contributed by atoms with E-state index in [0.717, 1.165) is 16.7 Å². The Hall–Kier alpha value is -3.33. The topological polar surface area (TPSA) is 78.5 Å². The second kappa shape index (κ2) is 11.0. The number of aryl methyl sites for hydroxylation is 1. The van der Waals surface area contributed by atoms with Crippen molar-refractivity contribution in [3.63, 3.8) is 0 Å². The first-order valence-electron chi connectivity index (χ1n) is 10.2. The SMILES string of the molecule is Cc1ccc(/C=C/C(=O)NC(=S)Nc2ccc(S(=O)(=O)N(C)Cc3ccccc3)cc2)cc1. The first-order valence-corrected chi connectivity index (χ1v) is 12.1. The van der Waals surface area contributed by atoms with Gasteiger partial charge in [-0.15, -0.1) is 0 Å². The van der Waals surface area contributed by atoms with E-state index in [1.54, 1.807) is 25.3 Å². The van der Waals surface area contributed by atoms with Gasteiger partial charge in [-0.05, 0) is 60.6 Å². The molecule has 3 aromatic rings. The molecule has 0 radical (unpaired) electrons. The zero-order valence-electron chi connectivity index (χ0n) is 18.4. The van der Waals surface area contributed by atoms with Crippen LogP contribution in [0.25, 0.3) is 6.08 Å². The van der Waals surface area contributed by atoms with E-state index in [4.69, 9.17) is 12.2 Å². The van der Waals surface area contributed by atoms with Crippen molar-refractivity contribution in [2.24, 2.45) is 0 Å². The Labute approximate surface area is 200 Å². The summed E-state index contributed by atoms with van der Waals surface area (Å²) in [4.78, 5) is 12.3. The van der Waals surface area contributed by atoms with Crippen LogP contribution in [0, 0.1) is 6.92 Å². The lowest BCUT2D eigenvalue weighted by Crippen LogP contribution is -2.32. The number of nitrogens with zero attached hydrogens (tertiary/aromatic N) is 1. The van der Waals surface area contributed by atoms with Gasteiger partial charge >= 0.3 is 0 Å². The number of nitrogens with one attached hydrogen (secondary N) is 2. The molecule has 0 aliphatic heterocycles. The molecule has 170 valence electrons. The van der Waals surface area contributed by atoms with Gasteiger partial charge in [0.1, 0.15) is 0 Å². The zero-order chi connectivity index (χ0) is 23.8. The number of hydrogen-bond acceptors (Lipinski definition) is 4. The fourth-order valence-electron chi connectivity index (χ4n) is 2.98. The highest BCUT2D eigenvalue weighted by molar-refractivity contribution is 7.89. The molecule has 0 unspecified atom stereocenters.